The number of carbonyl (C=O) groups excluding carboxylic acids is 2. The Morgan fingerprint density at radius 3 is 2.78 bits per heavy atom. The SMILES string of the molecule is CCCCCCOc1c(Cl)cc(C=C2SC(NC(C)=O)=NC2=O)cc1OC. The van der Waals surface area contributed by atoms with Crippen LogP contribution in [0, 0.1) is 0 Å². The van der Waals surface area contributed by atoms with Gasteiger partial charge in [0.05, 0.1) is 23.6 Å². The molecule has 0 fully saturated rings. The van der Waals surface area contributed by atoms with E-state index in [1.54, 1.807) is 25.3 Å². The number of aliphatic imine (C=N–C) groups is 1. The molecule has 2 amide bonds. The summed E-state index contributed by atoms with van der Waals surface area (Å²) in [5, 5.41) is 3.19. The highest BCUT2D eigenvalue weighted by atomic mass is 35.5. The molecule has 1 N–H and O–H groups in total. The molecule has 1 heterocycles. The molecule has 0 aliphatic carbocycles. The van der Waals surface area contributed by atoms with E-state index in [4.69, 9.17) is 21.1 Å². The Morgan fingerprint density at radius 2 is 2.11 bits per heavy atom. The molecule has 0 unspecified atom stereocenters. The van der Waals surface area contributed by atoms with Crippen LogP contribution in [0.5, 0.6) is 11.5 Å². The lowest BCUT2D eigenvalue weighted by atomic mass is 10.1. The second-order valence-corrected chi connectivity index (χ2v) is 7.40. The highest BCUT2D eigenvalue weighted by molar-refractivity contribution is 8.18. The van der Waals surface area contributed by atoms with Gasteiger partial charge in [-0.25, -0.2) is 0 Å². The molecular formula is C19H23ClN2O4S. The van der Waals surface area contributed by atoms with Gasteiger partial charge in [0.15, 0.2) is 16.7 Å². The predicted molar refractivity (Wildman–Crippen MR) is 109 cm³/mol. The summed E-state index contributed by atoms with van der Waals surface area (Å²) in [6.07, 6.45) is 6.06. The van der Waals surface area contributed by atoms with Gasteiger partial charge in [-0.15, -0.1) is 0 Å². The van der Waals surface area contributed by atoms with Crippen LogP contribution in [0.3, 0.4) is 0 Å². The van der Waals surface area contributed by atoms with Crippen molar-refractivity contribution in [3.8, 4) is 11.5 Å². The first-order valence-electron chi connectivity index (χ1n) is 8.75. The van der Waals surface area contributed by atoms with Crippen LogP contribution in [0.4, 0.5) is 0 Å². The first kappa shape index (κ1) is 21.3. The zero-order valence-electron chi connectivity index (χ0n) is 15.6. The van der Waals surface area contributed by atoms with Gasteiger partial charge in [-0.1, -0.05) is 37.8 Å². The molecule has 1 aliphatic heterocycles. The van der Waals surface area contributed by atoms with Crippen molar-refractivity contribution in [1.82, 2.24) is 5.32 Å². The summed E-state index contributed by atoms with van der Waals surface area (Å²) in [6.45, 7) is 4.09. The number of halogens is 1. The average Bonchev–Trinajstić information content (AvgIpc) is 2.94. The molecule has 0 aromatic heterocycles. The van der Waals surface area contributed by atoms with Crippen LogP contribution in [-0.2, 0) is 9.59 Å². The number of amides is 2. The zero-order valence-corrected chi connectivity index (χ0v) is 17.2. The lowest BCUT2D eigenvalue weighted by molar-refractivity contribution is -0.117. The van der Waals surface area contributed by atoms with Crippen molar-refractivity contribution in [2.45, 2.75) is 39.5 Å². The average molecular weight is 411 g/mol. The standard InChI is InChI=1S/C19H23ClN2O4S/c1-4-5-6-7-8-26-17-14(20)9-13(10-15(17)25-3)11-16-18(24)22-19(27-16)21-12(2)23/h9-11H,4-8H2,1-3H3,(H,21,22,23,24). The van der Waals surface area contributed by atoms with Crippen LogP contribution in [0.25, 0.3) is 6.08 Å². The quantitative estimate of drug-likeness (QED) is 0.507. The Hall–Kier alpha value is -1.99. The summed E-state index contributed by atoms with van der Waals surface area (Å²) >= 11 is 7.46. The van der Waals surface area contributed by atoms with Gasteiger partial charge in [0.1, 0.15) is 0 Å². The van der Waals surface area contributed by atoms with Crippen LogP contribution in [-0.4, -0.2) is 30.7 Å². The fourth-order valence-electron chi connectivity index (χ4n) is 2.43. The fraction of sp³-hybridized carbons (Fsp3) is 0.421. The Morgan fingerprint density at radius 1 is 1.33 bits per heavy atom. The number of benzene rings is 1. The molecular weight excluding hydrogens is 388 g/mol. The maximum absolute atomic E-state index is 12.0. The van der Waals surface area contributed by atoms with Crippen molar-refractivity contribution in [3.05, 3.63) is 27.6 Å². The maximum atomic E-state index is 12.0. The lowest BCUT2D eigenvalue weighted by Gasteiger charge is -2.13. The van der Waals surface area contributed by atoms with Crippen molar-refractivity contribution < 1.29 is 19.1 Å². The number of ether oxygens (including phenoxy) is 2. The van der Waals surface area contributed by atoms with Crippen molar-refractivity contribution in [2.75, 3.05) is 13.7 Å². The van der Waals surface area contributed by atoms with Crippen molar-refractivity contribution in [1.29, 1.82) is 0 Å². The summed E-state index contributed by atoms with van der Waals surface area (Å²) in [4.78, 5) is 27.3. The molecule has 8 heteroatoms. The minimum Gasteiger partial charge on any atom is -0.493 e. The van der Waals surface area contributed by atoms with Crippen LogP contribution >= 0.6 is 23.4 Å². The number of carbonyl (C=O) groups is 2. The van der Waals surface area contributed by atoms with Gasteiger partial charge < -0.3 is 14.8 Å². The van der Waals surface area contributed by atoms with Gasteiger partial charge in [-0.3, -0.25) is 9.59 Å². The molecule has 0 saturated carbocycles. The molecule has 0 atom stereocenters. The molecule has 6 nitrogen and oxygen atoms in total. The number of nitrogens with one attached hydrogen (secondary N) is 1. The third-order valence-electron chi connectivity index (χ3n) is 3.70. The maximum Gasteiger partial charge on any atom is 0.286 e. The number of methoxy groups -OCH3 is 1. The van der Waals surface area contributed by atoms with Crippen LogP contribution in [0.15, 0.2) is 22.0 Å². The lowest BCUT2D eigenvalue weighted by Crippen LogP contribution is -2.23. The first-order chi connectivity index (χ1) is 12.9. The van der Waals surface area contributed by atoms with Gasteiger partial charge in [0, 0.05) is 6.92 Å². The third-order valence-corrected chi connectivity index (χ3v) is 4.88. The summed E-state index contributed by atoms with van der Waals surface area (Å²) in [5.74, 6) is 0.317. The third kappa shape index (κ3) is 6.29. The van der Waals surface area contributed by atoms with Crippen LogP contribution in [0.2, 0.25) is 5.02 Å². The van der Waals surface area contributed by atoms with E-state index in [1.807, 2.05) is 0 Å². The Labute approximate surface area is 168 Å². The second-order valence-electron chi connectivity index (χ2n) is 5.96. The van der Waals surface area contributed by atoms with E-state index >= 15 is 0 Å². The van der Waals surface area contributed by atoms with E-state index in [1.165, 1.54) is 13.3 Å². The molecule has 0 spiro atoms. The molecule has 1 aromatic carbocycles. The molecule has 146 valence electrons. The minimum atomic E-state index is -0.407. The van der Waals surface area contributed by atoms with E-state index in [0.29, 0.717) is 33.6 Å². The Bertz CT molecular complexity index is 777. The molecule has 2 rings (SSSR count). The molecule has 1 aliphatic rings. The number of amidine groups is 1. The topological polar surface area (TPSA) is 77.0 Å². The second kappa shape index (κ2) is 10.4. The number of thioether (sulfide) groups is 1. The summed E-state index contributed by atoms with van der Waals surface area (Å²) in [6, 6.07) is 3.47. The van der Waals surface area contributed by atoms with Crippen molar-refractivity contribution in [3.63, 3.8) is 0 Å². The minimum absolute atomic E-state index is 0.267. The Balaban J connectivity index is 2.12. The smallest absolute Gasteiger partial charge is 0.286 e. The van der Waals surface area contributed by atoms with E-state index in [9.17, 15) is 9.59 Å². The van der Waals surface area contributed by atoms with E-state index in [-0.39, 0.29) is 11.1 Å². The van der Waals surface area contributed by atoms with Gasteiger partial charge in [0.25, 0.3) is 5.91 Å². The largest absolute Gasteiger partial charge is 0.493 e. The summed E-state index contributed by atoms with van der Waals surface area (Å²) in [7, 11) is 1.54. The van der Waals surface area contributed by atoms with Crippen molar-refractivity contribution in [2.24, 2.45) is 4.99 Å². The monoisotopic (exact) mass is 410 g/mol. The molecule has 0 saturated heterocycles. The number of unbranched alkanes of at least 4 members (excludes halogenated alkanes) is 3. The predicted octanol–water partition coefficient (Wildman–Crippen LogP) is 4.41. The summed E-state index contributed by atoms with van der Waals surface area (Å²) < 4.78 is 11.2. The van der Waals surface area contributed by atoms with Gasteiger partial charge in [-0.2, -0.15) is 4.99 Å². The number of hydrogen-bond acceptors (Lipinski definition) is 5. The van der Waals surface area contributed by atoms with Gasteiger partial charge in [-0.05, 0) is 42.0 Å². The van der Waals surface area contributed by atoms with Crippen molar-refractivity contribution >= 4 is 46.4 Å². The van der Waals surface area contributed by atoms with Gasteiger partial charge in [0.2, 0.25) is 5.91 Å². The van der Waals surface area contributed by atoms with E-state index in [2.05, 4.69) is 17.2 Å². The van der Waals surface area contributed by atoms with E-state index < -0.39 is 5.91 Å². The number of hydrogen-bond donors (Lipinski definition) is 1. The number of rotatable bonds is 8. The molecule has 0 bridgehead atoms. The molecule has 1 aromatic rings. The zero-order chi connectivity index (χ0) is 19.8. The Kier molecular flexibility index (Phi) is 8.19. The summed E-state index contributed by atoms with van der Waals surface area (Å²) in [5.41, 5.74) is 0.685. The van der Waals surface area contributed by atoms with Crippen LogP contribution in [0.1, 0.15) is 45.1 Å². The fourth-order valence-corrected chi connectivity index (χ4v) is 3.56. The highest BCUT2D eigenvalue weighted by Gasteiger charge is 2.23. The highest BCUT2D eigenvalue weighted by Crippen LogP contribution is 2.38. The first-order valence-corrected chi connectivity index (χ1v) is 9.94. The van der Waals surface area contributed by atoms with Crippen LogP contribution < -0.4 is 14.8 Å². The number of nitrogens with zero attached hydrogens (tertiary/aromatic N) is 1. The van der Waals surface area contributed by atoms with E-state index in [0.717, 1.165) is 31.0 Å². The molecule has 27 heavy (non-hydrogen) atoms. The normalized spacial score (nSPS) is 15.0. The van der Waals surface area contributed by atoms with Gasteiger partial charge >= 0.3 is 0 Å². The molecule has 0 radical (unpaired) electrons.